The molecule has 0 radical (unpaired) electrons. The fourth-order valence-electron chi connectivity index (χ4n) is 2.41. The van der Waals surface area contributed by atoms with Gasteiger partial charge in [0, 0.05) is 22.8 Å². The summed E-state index contributed by atoms with van der Waals surface area (Å²) in [5.74, 6) is 0.628. The van der Waals surface area contributed by atoms with Gasteiger partial charge in [0.05, 0.1) is 5.69 Å². The lowest BCUT2D eigenvalue weighted by Crippen LogP contribution is -2.10. The highest BCUT2D eigenvalue weighted by Gasteiger charge is 2.38. The SMILES string of the molecule is CCCNc1nc2c(s1)C(C)(C)CC2C. The zero-order valence-electron chi connectivity index (χ0n) is 10.1. The van der Waals surface area contributed by atoms with Crippen LogP contribution in [0.4, 0.5) is 5.13 Å². The molecule has 1 unspecified atom stereocenters. The molecule has 0 saturated carbocycles. The Morgan fingerprint density at radius 3 is 2.87 bits per heavy atom. The smallest absolute Gasteiger partial charge is 0.183 e. The van der Waals surface area contributed by atoms with E-state index in [9.17, 15) is 0 Å². The molecule has 2 rings (SSSR count). The van der Waals surface area contributed by atoms with Crippen molar-refractivity contribution in [1.29, 1.82) is 0 Å². The molecule has 0 saturated heterocycles. The minimum Gasteiger partial charge on any atom is -0.362 e. The second-order valence-electron chi connectivity index (χ2n) is 5.15. The van der Waals surface area contributed by atoms with E-state index >= 15 is 0 Å². The van der Waals surface area contributed by atoms with Crippen molar-refractivity contribution in [3.05, 3.63) is 10.6 Å². The lowest BCUT2D eigenvalue weighted by Gasteiger charge is -2.16. The highest BCUT2D eigenvalue weighted by atomic mass is 32.1. The number of hydrogen-bond donors (Lipinski definition) is 1. The molecule has 15 heavy (non-hydrogen) atoms. The number of aromatic nitrogens is 1. The number of fused-ring (bicyclic) bond motifs is 1. The summed E-state index contributed by atoms with van der Waals surface area (Å²) in [6.45, 7) is 10.2. The van der Waals surface area contributed by atoms with Gasteiger partial charge in [-0.1, -0.05) is 27.7 Å². The van der Waals surface area contributed by atoms with E-state index in [0.717, 1.165) is 18.1 Å². The van der Waals surface area contributed by atoms with Crippen LogP contribution in [0.25, 0.3) is 0 Å². The molecule has 2 nitrogen and oxygen atoms in total. The first-order valence-corrected chi connectivity index (χ1v) is 6.61. The Bertz CT molecular complexity index is 355. The van der Waals surface area contributed by atoms with Crippen LogP contribution in [0.15, 0.2) is 0 Å². The van der Waals surface area contributed by atoms with E-state index in [-0.39, 0.29) is 0 Å². The molecule has 0 amide bonds. The molecule has 1 N–H and O–H groups in total. The van der Waals surface area contributed by atoms with E-state index in [1.165, 1.54) is 17.0 Å². The Morgan fingerprint density at radius 1 is 1.53 bits per heavy atom. The third-order valence-electron chi connectivity index (χ3n) is 3.08. The number of nitrogens with one attached hydrogen (secondary N) is 1. The molecule has 0 fully saturated rings. The van der Waals surface area contributed by atoms with Crippen LogP contribution in [-0.2, 0) is 5.41 Å². The summed E-state index contributed by atoms with van der Waals surface area (Å²) in [5.41, 5.74) is 1.67. The zero-order valence-corrected chi connectivity index (χ0v) is 10.9. The number of nitrogens with zero attached hydrogens (tertiary/aromatic N) is 1. The van der Waals surface area contributed by atoms with E-state index in [2.05, 4.69) is 33.0 Å². The Labute approximate surface area is 96.1 Å². The second-order valence-corrected chi connectivity index (χ2v) is 6.15. The summed E-state index contributed by atoms with van der Waals surface area (Å²) in [4.78, 5) is 6.21. The van der Waals surface area contributed by atoms with Crippen LogP contribution in [0, 0.1) is 0 Å². The van der Waals surface area contributed by atoms with Gasteiger partial charge in [0.1, 0.15) is 0 Å². The summed E-state index contributed by atoms with van der Waals surface area (Å²) in [6.07, 6.45) is 2.40. The Balaban J connectivity index is 2.25. The standard InChI is InChI=1S/C12H20N2S/c1-5-6-13-11-14-9-8(2)7-12(3,4)10(9)15-11/h8H,5-7H2,1-4H3,(H,13,14). The topological polar surface area (TPSA) is 24.9 Å². The zero-order chi connectivity index (χ0) is 11.1. The summed E-state index contributed by atoms with van der Waals surface area (Å²) in [7, 11) is 0. The summed E-state index contributed by atoms with van der Waals surface area (Å²) < 4.78 is 0. The van der Waals surface area contributed by atoms with E-state index in [1.54, 1.807) is 0 Å². The first-order chi connectivity index (χ1) is 7.04. The third kappa shape index (κ3) is 1.89. The van der Waals surface area contributed by atoms with Gasteiger partial charge in [-0.3, -0.25) is 0 Å². The van der Waals surface area contributed by atoms with Crippen molar-refractivity contribution in [3.63, 3.8) is 0 Å². The highest BCUT2D eigenvalue weighted by Crippen LogP contribution is 2.48. The second kappa shape index (κ2) is 3.78. The van der Waals surface area contributed by atoms with E-state index in [0.29, 0.717) is 11.3 Å². The monoisotopic (exact) mass is 224 g/mol. The first-order valence-electron chi connectivity index (χ1n) is 5.79. The normalized spacial score (nSPS) is 22.8. The van der Waals surface area contributed by atoms with Crippen molar-refractivity contribution < 1.29 is 0 Å². The Hall–Kier alpha value is -0.570. The van der Waals surface area contributed by atoms with Crippen molar-refractivity contribution in [2.75, 3.05) is 11.9 Å². The fraction of sp³-hybridized carbons (Fsp3) is 0.750. The van der Waals surface area contributed by atoms with Crippen molar-refractivity contribution in [2.24, 2.45) is 0 Å². The maximum atomic E-state index is 4.71. The number of hydrogen-bond acceptors (Lipinski definition) is 3. The molecule has 0 spiro atoms. The fourth-order valence-corrected chi connectivity index (χ4v) is 3.64. The first kappa shape index (κ1) is 10.9. The van der Waals surface area contributed by atoms with Crippen LogP contribution in [0.3, 0.4) is 0 Å². The number of rotatable bonds is 3. The Morgan fingerprint density at radius 2 is 2.27 bits per heavy atom. The van der Waals surface area contributed by atoms with E-state index < -0.39 is 0 Å². The minimum atomic E-state index is 0.332. The predicted octanol–water partition coefficient (Wildman–Crippen LogP) is 3.75. The molecule has 1 atom stereocenters. The molecule has 1 aliphatic carbocycles. The maximum absolute atomic E-state index is 4.71. The van der Waals surface area contributed by atoms with Gasteiger partial charge in [-0.15, -0.1) is 11.3 Å². The third-order valence-corrected chi connectivity index (χ3v) is 4.47. The molecular formula is C12H20N2S. The Kier molecular flexibility index (Phi) is 2.75. The van der Waals surface area contributed by atoms with Crippen molar-refractivity contribution in [3.8, 4) is 0 Å². The lowest BCUT2D eigenvalue weighted by atomic mass is 9.91. The molecule has 0 bridgehead atoms. The molecule has 3 heteroatoms. The summed E-state index contributed by atoms with van der Waals surface area (Å²) in [5, 5.41) is 4.50. The van der Waals surface area contributed by atoms with Crippen LogP contribution in [-0.4, -0.2) is 11.5 Å². The van der Waals surface area contributed by atoms with Gasteiger partial charge in [-0.05, 0) is 12.8 Å². The van der Waals surface area contributed by atoms with Crippen LogP contribution in [0.2, 0.25) is 0 Å². The molecule has 1 aromatic heterocycles. The van der Waals surface area contributed by atoms with Gasteiger partial charge in [-0.2, -0.15) is 0 Å². The lowest BCUT2D eigenvalue weighted by molar-refractivity contribution is 0.493. The molecule has 1 heterocycles. The maximum Gasteiger partial charge on any atom is 0.183 e. The predicted molar refractivity (Wildman–Crippen MR) is 67.0 cm³/mol. The summed E-state index contributed by atoms with van der Waals surface area (Å²) in [6, 6.07) is 0. The van der Waals surface area contributed by atoms with Gasteiger partial charge in [0.25, 0.3) is 0 Å². The van der Waals surface area contributed by atoms with Gasteiger partial charge in [0.2, 0.25) is 0 Å². The van der Waals surface area contributed by atoms with Crippen LogP contribution in [0.5, 0.6) is 0 Å². The molecule has 84 valence electrons. The van der Waals surface area contributed by atoms with Crippen LogP contribution < -0.4 is 5.32 Å². The summed E-state index contributed by atoms with van der Waals surface area (Å²) >= 11 is 1.85. The molecule has 0 aliphatic heterocycles. The van der Waals surface area contributed by atoms with Gasteiger partial charge in [-0.25, -0.2) is 4.98 Å². The van der Waals surface area contributed by atoms with Gasteiger partial charge < -0.3 is 5.32 Å². The number of anilines is 1. The number of thiazole rings is 1. The molecule has 1 aromatic rings. The van der Waals surface area contributed by atoms with Crippen LogP contribution >= 0.6 is 11.3 Å². The van der Waals surface area contributed by atoms with Gasteiger partial charge >= 0.3 is 0 Å². The largest absolute Gasteiger partial charge is 0.362 e. The molecule has 1 aliphatic rings. The molecule has 0 aromatic carbocycles. The van der Waals surface area contributed by atoms with Crippen molar-refractivity contribution in [1.82, 2.24) is 4.98 Å². The van der Waals surface area contributed by atoms with E-state index in [4.69, 9.17) is 4.98 Å². The highest BCUT2D eigenvalue weighted by molar-refractivity contribution is 7.15. The molecular weight excluding hydrogens is 204 g/mol. The quantitative estimate of drug-likeness (QED) is 0.845. The van der Waals surface area contributed by atoms with E-state index in [1.807, 2.05) is 11.3 Å². The van der Waals surface area contributed by atoms with Crippen LogP contribution in [0.1, 0.15) is 57.0 Å². The minimum absolute atomic E-state index is 0.332. The average Bonchev–Trinajstić information content (AvgIpc) is 2.65. The average molecular weight is 224 g/mol. The van der Waals surface area contributed by atoms with Gasteiger partial charge in [0.15, 0.2) is 5.13 Å². The van der Waals surface area contributed by atoms with Crippen molar-refractivity contribution >= 4 is 16.5 Å². The van der Waals surface area contributed by atoms with Crippen molar-refractivity contribution in [2.45, 2.75) is 51.9 Å².